The van der Waals surface area contributed by atoms with Gasteiger partial charge in [-0.2, -0.15) is 0 Å². The number of amides is 1. The van der Waals surface area contributed by atoms with Gasteiger partial charge < -0.3 is 19.4 Å². The summed E-state index contributed by atoms with van der Waals surface area (Å²) in [5.41, 5.74) is 1.40. The second-order valence-electron chi connectivity index (χ2n) is 5.29. The number of carbonyl (C=O) groups is 1. The molecule has 0 bridgehead atoms. The van der Waals surface area contributed by atoms with Gasteiger partial charge in [0.2, 0.25) is 5.91 Å². The van der Waals surface area contributed by atoms with E-state index in [0.717, 1.165) is 5.69 Å². The Balaban J connectivity index is 2.02. The number of hydrogen-bond donors (Lipinski definition) is 2. The molecule has 0 saturated heterocycles. The fraction of sp³-hybridized carbons (Fsp3) is 0.375. The predicted molar refractivity (Wildman–Crippen MR) is 89.8 cm³/mol. The number of halogens is 3. The number of hydrogen-bond acceptors (Lipinski definition) is 5. The van der Waals surface area contributed by atoms with Gasteiger partial charge in [-0.25, -0.2) is 0 Å². The predicted octanol–water partition coefficient (Wildman–Crippen LogP) is 2.75. The highest BCUT2D eigenvalue weighted by Crippen LogP contribution is 2.26. The molecule has 0 fully saturated rings. The van der Waals surface area contributed by atoms with Gasteiger partial charge in [-0.3, -0.25) is 10.2 Å². The topological polar surface area (TPSA) is 76.3 Å². The van der Waals surface area contributed by atoms with Crippen molar-refractivity contribution in [3.8, 4) is 17.0 Å². The maximum atomic E-state index is 12.2. The van der Waals surface area contributed by atoms with Crippen LogP contribution in [0.15, 0.2) is 29.6 Å². The highest BCUT2D eigenvalue weighted by molar-refractivity contribution is 7.07. The molecule has 2 aromatic rings. The molecule has 10 heteroatoms. The maximum Gasteiger partial charge on any atom is 0.573 e. The number of methoxy groups -OCH3 is 1. The summed E-state index contributed by atoms with van der Waals surface area (Å²) in [6.07, 6.45) is -4.13. The first-order valence-corrected chi connectivity index (χ1v) is 8.53. The summed E-state index contributed by atoms with van der Waals surface area (Å²) in [6.45, 7) is 0.918. The zero-order valence-electron chi connectivity index (χ0n) is 13.9. The lowest BCUT2D eigenvalue weighted by atomic mass is 10.1. The molecule has 0 radical (unpaired) electrons. The number of benzene rings is 1. The highest BCUT2D eigenvalue weighted by Gasteiger charge is 2.31. The van der Waals surface area contributed by atoms with Crippen molar-refractivity contribution in [2.45, 2.75) is 19.3 Å². The van der Waals surface area contributed by atoms with Gasteiger partial charge in [0.1, 0.15) is 12.4 Å². The van der Waals surface area contributed by atoms with Gasteiger partial charge in [-0.05, 0) is 36.2 Å². The Morgan fingerprint density at radius 1 is 1.31 bits per heavy atom. The van der Waals surface area contributed by atoms with E-state index in [1.165, 1.54) is 42.7 Å². The van der Waals surface area contributed by atoms with Crippen LogP contribution in [0.4, 0.5) is 13.2 Å². The molecule has 1 amide bonds. The molecule has 0 spiro atoms. The van der Waals surface area contributed by atoms with Crippen molar-refractivity contribution in [1.29, 1.82) is 5.41 Å². The molecule has 0 aliphatic carbocycles. The van der Waals surface area contributed by atoms with Crippen LogP contribution in [0.5, 0.6) is 5.75 Å². The first-order valence-electron chi connectivity index (χ1n) is 7.65. The van der Waals surface area contributed by atoms with Crippen molar-refractivity contribution < 1.29 is 27.4 Å². The van der Waals surface area contributed by atoms with E-state index in [-0.39, 0.29) is 18.3 Å². The van der Waals surface area contributed by atoms with Gasteiger partial charge in [-0.1, -0.05) is 0 Å². The standard InChI is InChI=1S/C16H18F3N3O3S/c1-24-9-14(23)21-7-2-8-22-13(10-26-15(22)20)11-3-5-12(6-4-11)25-16(17,18)19/h3-6,10,20H,2,7-9H2,1H3,(H,21,23). The Labute approximate surface area is 151 Å². The molecule has 26 heavy (non-hydrogen) atoms. The first-order chi connectivity index (χ1) is 12.3. The molecule has 0 aliphatic rings. The lowest BCUT2D eigenvalue weighted by Gasteiger charge is -2.11. The highest BCUT2D eigenvalue weighted by atomic mass is 32.1. The van der Waals surface area contributed by atoms with Crippen LogP contribution in [0.25, 0.3) is 11.3 Å². The average Bonchev–Trinajstić information content (AvgIpc) is 2.92. The number of aromatic nitrogens is 1. The van der Waals surface area contributed by atoms with Crippen LogP contribution in [0, 0.1) is 5.41 Å². The molecular formula is C16H18F3N3O3S. The average molecular weight is 389 g/mol. The molecule has 0 unspecified atom stereocenters. The molecule has 1 aromatic carbocycles. The van der Waals surface area contributed by atoms with E-state index in [1.54, 1.807) is 9.95 Å². The van der Waals surface area contributed by atoms with Gasteiger partial charge >= 0.3 is 6.36 Å². The molecule has 0 aliphatic heterocycles. The monoisotopic (exact) mass is 389 g/mol. The van der Waals surface area contributed by atoms with Crippen LogP contribution < -0.4 is 14.9 Å². The normalized spacial score (nSPS) is 11.4. The number of rotatable bonds is 8. The van der Waals surface area contributed by atoms with E-state index < -0.39 is 6.36 Å². The van der Waals surface area contributed by atoms with Gasteiger partial charge in [-0.15, -0.1) is 24.5 Å². The fourth-order valence-electron chi connectivity index (χ4n) is 2.27. The quantitative estimate of drug-likeness (QED) is 0.682. The van der Waals surface area contributed by atoms with Crippen LogP contribution in [-0.2, 0) is 16.1 Å². The van der Waals surface area contributed by atoms with E-state index in [4.69, 9.17) is 10.1 Å². The second-order valence-corrected chi connectivity index (χ2v) is 6.14. The van der Waals surface area contributed by atoms with E-state index in [2.05, 4.69) is 10.1 Å². The van der Waals surface area contributed by atoms with Gasteiger partial charge in [0, 0.05) is 25.6 Å². The SMILES string of the molecule is COCC(=O)NCCCn1c(-c2ccc(OC(F)(F)F)cc2)csc1=N. The molecule has 0 atom stereocenters. The number of nitrogens with one attached hydrogen (secondary N) is 2. The van der Waals surface area contributed by atoms with Crippen LogP contribution in [0.2, 0.25) is 0 Å². The number of nitrogens with zero attached hydrogens (tertiary/aromatic N) is 1. The number of carbonyl (C=O) groups excluding carboxylic acids is 1. The second kappa shape index (κ2) is 8.86. The minimum atomic E-state index is -4.73. The largest absolute Gasteiger partial charge is 0.573 e. The third kappa shape index (κ3) is 5.88. The van der Waals surface area contributed by atoms with Crippen molar-refractivity contribution in [3.63, 3.8) is 0 Å². The first kappa shape index (κ1) is 20.0. The molecule has 1 aromatic heterocycles. The Bertz CT molecular complexity index is 785. The zero-order valence-corrected chi connectivity index (χ0v) is 14.7. The van der Waals surface area contributed by atoms with E-state index >= 15 is 0 Å². The van der Waals surface area contributed by atoms with Crippen molar-refractivity contribution in [3.05, 3.63) is 34.4 Å². The van der Waals surface area contributed by atoms with E-state index in [9.17, 15) is 18.0 Å². The molecule has 0 saturated carbocycles. The smallest absolute Gasteiger partial charge is 0.406 e. The van der Waals surface area contributed by atoms with E-state index in [0.29, 0.717) is 29.9 Å². The zero-order chi connectivity index (χ0) is 19.2. The van der Waals surface area contributed by atoms with E-state index in [1.807, 2.05) is 0 Å². The van der Waals surface area contributed by atoms with Crippen molar-refractivity contribution in [2.24, 2.45) is 0 Å². The summed E-state index contributed by atoms with van der Waals surface area (Å²) in [4.78, 5) is 11.6. The number of ether oxygens (including phenoxy) is 2. The summed E-state index contributed by atoms with van der Waals surface area (Å²) in [5, 5.41) is 12.5. The summed E-state index contributed by atoms with van der Waals surface area (Å²) in [7, 11) is 1.43. The maximum absolute atomic E-state index is 12.2. The Hall–Kier alpha value is -2.33. The minimum absolute atomic E-state index is 0.00706. The van der Waals surface area contributed by atoms with Crippen LogP contribution in [-0.4, -0.2) is 37.1 Å². The van der Waals surface area contributed by atoms with Crippen molar-refractivity contribution >= 4 is 17.2 Å². The summed E-state index contributed by atoms with van der Waals surface area (Å²) in [5.74, 6) is -0.510. The Kier molecular flexibility index (Phi) is 6.81. The molecule has 1 heterocycles. The third-order valence-corrected chi connectivity index (χ3v) is 4.14. The van der Waals surface area contributed by atoms with Crippen molar-refractivity contribution in [2.75, 3.05) is 20.3 Å². The molecule has 142 valence electrons. The number of thiazole rings is 1. The molecule has 6 nitrogen and oxygen atoms in total. The Morgan fingerprint density at radius 3 is 2.62 bits per heavy atom. The fourth-order valence-corrected chi connectivity index (χ4v) is 3.07. The van der Waals surface area contributed by atoms with Crippen LogP contribution in [0.1, 0.15) is 6.42 Å². The summed E-state index contributed by atoms with van der Waals surface area (Å²) < 4.78 is 47.0. The minimum Gasteiger partial charge on any atom is -0.406 e. The molecule has 2 rings (SSSR count). The van der Waals surface area contributed by atoms with Gasteiger partial charge in [0.25, 0.3) is 0 Å². The number of alkyl halides is 3. The summed E-state index contributed by atoms with van der Waals surface area (Å²) >= 11 is 1.22. The lowest BCUT2D eigenvalue weighted by Crippen LogP contribution is -2.29. The van der Waals surface area contributed by atoms with Crippen LogP contribution >= 0.6 is 11.3 Å². The van der Waals surface area contributed by atoms with Crippen LogP contribution in [0.3, 0.4) is 0 Å². The summed E-state index contributed by atoms with van der Waals surface area (Å²) in [6, 6.07) is 5.50. The van der Waals surface area contributed by atoms with Gasteiger partial charge in [0.05, 0.1) is 5.69 Å². The molecule has 2 N–H and O–H groups in total. The lowest BCUT2D eigenvalue weighted by molar-refractivity contribution is -0.274. The van der Waals surface area contributed by atoms with Crippen molar-refractivity contribution in [1.82, 2.24) is 9.88 Å². The Morgan fingerprint density at radius 2 is 2.00 bits per heavy atom. The molecular weight excluding hydrogens is 371 g/mol. The third-order valence-electron chi connectivity index (χ3n) is 3.36. The van der Waals surface area contributed by atoms with Gasteiger partial charge in [0.15, 0.2) is 4.80 Å².